The number of hydrogen-bond donors (Lipinski definition) is 3. The third-order valence-corrected chi connectivity index (χ3v) is 8.36. The molecule has 0 radical (unpaired) electrons. The van der Waals surface area contributed by atoms with Gasteiger partial charge >= 0.3 is 5.97 Å². The van der Waals surface area contributed by atoms with Crippen LogP contribution in [0.1, 0.15) is 90.8 Å². The molecule has 1 aromatic heterocycles. The van der Waals surface area contributed by atoms with Crippen molar-refractivity contribution >= 4 is 29.2 Å². The van der Waals surface area contributed by atoms with Crippen molar-refractivity contribution in [2.24, 2.45) is 23.0 Å². The SMILES string of the molecule is CC(=Cc1csc(C)n1)C(N)CC1OC1(C)CCCC(C)C(O)C(C)C(=O)C(C)(C)CCC(=O)O. The number of carboxylic acid groups (broad SMARTS) is 1. The van der Waals surface area contributed by atoms with Gasteiger partial charge in [0.1, 0.15) is 5.78 Å². The molecule has 1 aromatic rings. The Morgan fingerprint density at radius 1 is 1.37 bits per heavy atom. The molecule has 198 valence electrons. The summed E-state index contributed by atoms with van der Waals surface area (Å²) in [5.41, 5.74) is 7.49. The van der Waals surface area contributed by atoms with E-state index < -0.39 is 23.4 Å². The highest BCUT2D eigenvalue weighted by molar-refractivity contribution is 7.09. The van der Waals surface area contributed by atoms with Crippen LogP contribution in [0.15, 0.2) is 11.0 Å². The maximum atomic E-state index is 12.9. The van der Waals surface area contributed by atoms with E-state index in [1.165, 1.54) is 0 Å². The molecule has 6 atom stereocenters. The van der Waals surface area contributed by atoms with E-state index in [-0.39, 0.29) is 42.3 Å². The second-order valence-corrected chi connectivity index (χ2v) is 12.3. The predicted octanol–water partition coefficient (Wildman–Crippen LogP) is 4.99. The second-order valence-electron chi connectivity index (χ2n) is 11.2. The topological polar surface area (TPSA) is 126 Å². The van der Waals surface area contributed by atoms with Crippen LogP contribution in [0.3, 0.4) is 0 Å². The normalized spacial score (nSPS) is 24.0. The number of aliphatic carboxylic acids is 1. The number of carboxylic acids is 1. The van der Waals surface area contributed by atoms with Crippen LogP contribution in [0.4, 0.5) is 0 Å². The molecule has 0 aromatic carbocycles. The Bertz CT molecular complexity index is 911. The van der Waals surface area contributed by atoms with Crippen LogP contribution >= 0.6 is 11.3 Å². The monoisotopic (exact) mass is 508 g/mol. The molecule has 7 nitrogen and oxygen atoms in total. The first-order chi connectivity index (χ1) is 16.2. The first-order valence-electron chi connectivity index (χ1n) is 12.6. The van der Waals surface area contributed by atoms with Crippen LogP contribution in [0.2, 0.25) is 0 Å². The van der Waals surface area contributed by atoms with Crippen LogP contribution < -0.4 is 5.73 Å². The molecule has 1 aliphatic heterocycles. The summed E-state index contributed by atoms with van der Waals surface area (Å²) in [4.78, 5) is 28.3. The van der Waals surface area contributed by atoms with Gasteiger partial charge in [-0.1, -0.05) is 39.7 Å². The molecule has 0 bridgehead atoms. The van der Waals surface area contributed by atoms with Gasteiger partial charge in [0, 0.05) is 29.2 Å². The Balaban J connectivity index is 1.78. The van der Waals surface area contributed by atoms with Gasteiger partial charge in [-0.05, 0) is 58.4 Å². The highest BCUT2D eigenvalue weighted by atomic mass is 32.1. The highest BCUT2D eigenvalue weighted by Crippen LogP contribution is 2.44. The summed E-state index contributed by atoms with van der Waals surface area (Å²) >= 11 is 1.63. The Hall–Kier alpha value is -1.61. The molecule has 0 saturated carbocycles. The maximum absolute atomic E-state index is 12.9. The number of hydrogen-bond acceptors (Lipinski definition) is 7. The summed E-state index contributed by atoms with van der Waals surface area (Å²) < 4.78 is 6.01. The standard InChI is InChI=1S/C27H44N2O5S/c1-16(24(32)18(3)25(33)26(5,6)12-10-23(30)31)9-8-11-27(7)22(34-27)14-21(28)17(2)13-20-15-35-19(4)29-20/h13,15-16,18,21-22,24,32H,8-12,14,28H2,1-7H3,(H,30,31). The lowest BCUT2D eigenvalue weighted by Gasteiger charge is -2.31. The fraction of sp³-hybridized carbons (Fsp3) is 0.741. The van der Waals surface area contributed by atoms with E-state index in [4.69, 9.17) is 15.6 Å². The summed E-state index contributed by atoms with van der Waals surface area (Å²) in [5, 5.41) is 22.8. The van der Waals surface area contributed by atoms with Gasteiger partial charge in [0.2, 0.25) is 0 Å². The molecule has 35 heavy (non-hydrogen) atoms. The Labute approximate surface area is 214 Å². The third kappa shape index (κ3) is 8.48. The van der Waals surface area contributed by atoms with Gasteiger partial charge in [-0.15, -0.1) is 11.3 Å². The summed E-state index contributed by atoms with van der Waals surface area (Å²) in [6.45, 7) is 13.4. The minimum absolute atomic E-state index is 0.0426. The Morgan fingerprint density at radius 2 is 2.03 bits per heavy atom. The number of aryl methyl sites for hydroxylation is 1. The molecule has 0 amide bonds. The largest absolute Gasteiger partial charge is 0.481 e. The third-order valence-electron chi connectivity index (χ3n) is 7.57. The molecule has 1 saturated heterocycles. The van der Waals surface area contributed by atoms with E-state index in [9.17, 15) is 14.7 Å². The molecule has 8 heteroatoms. The Morgan fingerprint density at radius 3 is 2.60 bits per heavy atom. The molecular weight excluding hydrogens is 464 g/mol. The van der Waals surface area contributed by atoms with Crippen LogP contribution in [-0.2, 0) is 14.3 Å². The van der Waals surface area contributed by atoms with Crippen LogP contribution in [0.5, 0.6) is 0 Å². The second kappa shape index (κ2) is 12.1. The first kappa shape index (κ1) is 29.6. The molecule has 2 heterocycles. The number of rotatable bonds is 15. The number of ether oxygens (including phenoxy) is 1. The molecule has 0 aliphatic carbocycles. The molecule has 1 aliphatic rings. The van der Waals surface area contributed by atoms with E-state index in [0.29, 0.717) is 0 Å². The molecule has 1 fully saturated rings. The maximum Gasteiger partial charge on any atom is 0.303 e. The Kier molecular flexibility index (Phi) is 10.2. The smallest absolute Gasteiger partial charge is 0.303 e. The lowest BCUT2D eigenvalue weighted by Crippen LogP contribution is -2.39. The van der Waals surface area contributed by atoms with Crippen molar-refractivity contribution in [1.82, 2.24) is 4.98 Å². The zero-order chi connectivity index (χ0) is 26.6. The van der Waals surface area contributed by atoms with E-state index in [1.54, 1.807) is 32.1 Å². The summed E-state index contributed by atoms with van der Waals surface area (Å²) in [6, 6.07) is -0.0825. The van der Waals surface area contributed by atoms with Gasteiger partial charge in [0.05, 0.1) is 28.5 Å². The number of ketones is 1. The van der Waals surface area contributed by atoms with Gasteiger partial charge < -0.3 is 20.7 Å². The van der Waals surface area contributed by atoms with Crippen LogP contribution in [0, 0.1) is 24.2 Å². The van der Waals surface area contributed by atoms with Crippen LogP contribution in [0.25, 0.3) is 6.08 Å². The molecule has 0 spiro atoms. The molecule has 4 N–H and O–H groups in total. The number of nitrogens with zero attached hydrogens (tertiary/aromatic N) is 1. The number of carbonyl (C=O) groups is 2. The summed E-state index contributed by atoms with van der Waals surface area (Å²) in [5.74, 6) is -1.58. The average molecular weight is 509 g/mol. The van der Waals surface area contributed by atoms with Gasteiger partial charge in [0.25, 0.3) is 0 Å². The van der Waals surface area contributed by atoms with Crippen molar-refractivity contribution in [2.45, 2.75) is 111 Å². The number of carbonyl (C=O) groups excluding carboxylic acids is 1. The number of aliphatic hydroxyl groups is 1. The zero-order valence-corrected chi connectivity index (χ0v) is 23.2. The number of thiazole rings is 1. The van der Waals surface area contributed by atoms with Crippen molar-refractivity contribution in [3.8, 4) is 0 Å². The van der Waals surface area contributed by atoms with Crippen molar-refractivity contribution < 1.29 is 24.5 Å². The number of nitrogens with two attached hydrogens (primary N) is 1. The lowest BCUT2D eigenvalue weighted by molar-refractivity contribution is -0.139. The average Bonchev–Trinajstić information content (AvgIpc) is 3.22. The zero-order valence-electron chi connectivity index (χ0n) is 22.3. The first-order valence-corrected chi connectivity index (χ1v) is 13.5. The fourth-order valence-corrected chi connectivity index (χ4v) is 5.33. The van der Waals surface area contributed by atoms with Crippen LogP contribution in [-0.4, -0.2) is 50.8 Å². The van der Waals surface area contributed by atoms with E-state index in [0.717, 1.165) is 42.0 Å². The number of epoxide rings is 1. The lowest BCUT2D eigenvalue weighted by atomic mass is 9.74. The van der Waals surface area contributed by atoms with Crippen molar-refractivity contribution in [2.75, 3.05) is 0 Å². The van der Waals surface area contributed by atoms with Crippen molar-refractivity contribution in [1.29, 1.82) is 0 Å². The van der Waals surface area contributed by atoms with E-state index in [1.807, 2.05) is 32.2 Å². The highest BCUT2D eigenvalue weighted by Gasteiger charge is 2.51. The molecular formula is C27H44N2O5S. The molecule has 6 unspecified atom stereocenters. The summed E-state index contributed by atoms with van der Waals surface area (Å²) in [7, 11) is 0. The van der Waals surface area contributed by atoms with Gasteiger partial charge in [-0.3, -0.25) is 9.59 Å². The molecule has 2 rings (SSSR count). The fourth-order valence-electron chi connectivity index (χ4n) is 4.76. The quantitative estimate of drug-likeness (QED) is 0.285. The van der Waals surface area contributed by atoms with Crippen molar-refractivity contribution in [3.63, 3.8) is 0 Å². The predicted molar refractivity (Wildman–Crippen MR) is 140 cm³/mol. The van der Waals surface area contributed by atoms with E-state index >= 15 is 0 Å². The van der Waals surface area contributed by atoms with Crippen molar-refractivity contribution in [3.05, 3.63) is 21.7 Å². The van der Waals surface area contributed by atoms with Gasteiger partial charge in [-0.25, -0.2) is 4.98 Å². The summed E-state index contributed by atoms with van der Waals surface area (Å²) in [6.07, 6.45) is 4.93. The minimum atomic E-state index is -0.914. The number of aromatic nitrogens is 1. The van der Waals surface area contributed by atoms with E-state index in [2.05, 4.69) is 11.9 Å². The number of aliphatic hydroxyl groups excluding tert-OH is 1. The van der Waals surface area contributed by atoms with Gasteiger partial charge in [0.15, 0.2) is 0 Å². The minimum Gasteiger partial charge on any atom is -0.481 e. The number of Topliss-reactive ketones (excluding diaryl/α,β-unsaturated/α-hetero) is 1. The van der Waals surface area contributed by atoms with Gasteiger partial charge in [-0.2, -0.15) is 0 Å².